The predicted molar refractivity (Wildman–Crippen MR) is 31.5 cm³/mol. The molecule has 0 amide bonds. The summed E-state index contributed by atoms with van der Waals surface area (Å²) in [4.78, 5) is 9.98. The summed E-state index contributed by atoms with van der Waals surface area (Å²) in [5, 5.41) is 0.319. The van der Waals surface area contributed by atoms with Gasteiger partial charge in [0.05, 0.1) is 5.25 Å². The minimum absolute atomic E-state index is 0.319. The summed E-state index contributed by atoms with van der Waals surface area (Å²) in [6.45, 7) is 2.11. The van der Waals surface area contributed by atoms with E-state index in [0.29, 0.717) is 11.2 Å². The number of thioether (sulfide) groups is 1. The average molecular weight is 116 g/mol. The molecule has 1 fully saturated rings. The molecular formula is C5H8OS. The molecule has 0 saturated carbocycles. The topological polar surface area (TPSA) is 17.1 Å². The third-order valence-corrected chi connectivity index (χ3v) is 2.93. The molecule has 1 aliphatic rings. The van der Waals surface area contributed by atoms with Gasteiger partial charge >= 0.3 is 0 Å². The van der Waals surface area contributed by atoms with Gasteiger partial charge in [0.2, 0.25) is 0 Å². The molecule has 0 aromatic heterocycles. The van der Waals surface area contributed by atoms with Crippen LogP contribution < -0.4 is 0 Å². The number of hydrogen-bond donors (Lipinski definition) is 0. The molecule has 1 nitrogen and oxygen atoms in total. The SMILES string of the molecule is CC1CSC1C=O. The summed E-state index contributed by atoms with van der Waals surface area (Å²) in [6.07, 6.45) is 1.04. The van der Waals surface area contributed by atoms with Crippen LogP contribution in [0.4, 0.5) is 0 Å². The second-order valence-corrected chi connectivity index (χ2v) is 3.12. The quantitative estimate of drug-likeness (QED) is 0.474. The van der Waals surface area contributed by atoms with Crippen LogP contribution in [0, 0.1) is 5.92 Å². The molecular weight excluding hydrogens is 108 g/mol. The molecule has 0 radical (unpaired) electrons. The molecule has 2 unspecified atom stereocenters. The van der Waals surface area contributed by atoms with Crippen LogP contribution in [0.5, 0.6) is 0 Å². The van der Waals surface area contributed by atoms with Crippen molar-refractivity contribution in [3.63, 3.8) is 0 Å². The van der Waals surface area contributed by atoms with Gasteiger partial charge < -0.3 is 4.79 Å². The van der Waals surface area contributed by atoms with Crippen molar-refractivity contribution in [1.29, 1.82) is 0 Å². The van der Waals surface area contributed by atoms with Crippen molar-refractivity contribution < 1.29 is 4.79 Å². The summed E-state index contributed by atoms with van der Waals surface area (Å²) < 4.78 is 0. The summed E-state index contributed by atoms with van der Waals surface area (Å²) in [7, 11) is 0. The van der Waals surface area contributed by atoms with Gasteiger partial charge in [-0.3, -0.25) is 0 Å². The van der Waals surface area contributed by atoms with E-state index < -0.39 is 0 Å². The minimum atomic E-state index is 0.319. The molecule has 0 aromatic carbocycles. The van der Waals surface area contributed by atoms with Crippen LogP contribution in [-0.4, -0.2) is 17.3 Å². The monoisotopic (exact) mass is 116 g/mol. The lowest BCUT2D eigenvalue weighted by atomic mass is 10.1. The van der Waals surface area contributed by atoms with Gasteiger partial charge in [0.25, 0.3) is 0 Å². The van der Waals surface area contributed by atoms with Gasteiger partial charge in [-0.15, -0.1) is 0 Å². The highest BCUT2D eigenvalue weighted by molar-refractivity contribution is 8.01. The van der Waals surface area contributed by atoms with Crippen LogP contribution in [0.2, 0.25) is 0 Å². The van der Waals surface area contributed by atoms with Crippen molar-refractivity contribution in [2.75, 3.05) is 5.75 Å². The number of rotatable bonds is 1. The molecule has 0 spiro atoms. The molecule has 0 bridgehead atoms. The van der Waals surface area contributed by atoms with Gasteiger partial charge in [0.1, 0.15) is 6.29 Å². The van der Waals surface area contributed by atoms with Crippen LogP contribution in [-0.2, 0) is 4.79 Å². The molecule has 1 saturated heterocycles. The zero-order valence-corrected chi connectivity index (χ0v) is 5.07. The van der Waals surface area contributed by atoms with Crippen molar-refractivity contribution in [2.45, 2.75) is 12.2 Å². The van der Waals surface area contributed by atoms with Gasteiger partial charge in [-0.25, -0.2) is 0 Å². The lowest BCUT2D eigenvalue weighted by molar-refractivity contribution is -0.108. The van der Waals surface area contributed by atoms with Crippen LogP contribution in [0.15, 0.2) is 0 Å². The molecule has 2 heteroatoms. The van der Waals surface area contributed by atoms with E-state index in [2.05, 4.69) is 6.92 Å². The maximum absolute atomic E-state index is 9.98. The Morgan fingerprint density at radius 2 is 2.57 bits per heavy atom. The highest BCUT2D eigenvalue weighted by Crippen LogP contribution is 2.31. The number of carbonyl (C=O) groups is 1. The Kier molecular flexibility index (Phi) is 1.38. The molecule has 0 aromatic rings. The van der Waals surface area contributed by atoms with Gasteiger partial charge in [0.15, 0.2) is 0 Å². The normalized spacial score (nSPS) is 39.6. The fraction of sp³-hybridized carbons (Fsp3) is 0.800. The fourth-order valence-electron chi connectivity index (χ4n) is 0.573. The van der Waals surface area contributed by atoms with Gasteiger partial charge in [-0.2, -0.15) is 11.8 Å². The number of carbonyl (C=O) groups excluding carboxylic acids is 1. The van der Waals surface area contributed by atoms with E-state index in [1.54, 1.807) is 11.8 Å². The summed E-state index contributed by atoms with van der Waals surface area (Å²) in [5.74, 6) is 1.81. The summed E-state index contributed by atoms with van der Waals surface area (Å²) in [6, 6.07) is 0. The van der Waals surface area contributed by atoms with E-state index in [1.807, 2.05) is 0 Å². The molecule has 0 N–H and O–H groups in total. The van der Waals surface area contributed by atoms with E-state index in [4.69, 9.17) is 0 Å². The van der Waals surface area contributed by atoms with Gasteiger partial charge in [-0.05, 0) is 11.7 Å². The van der Waals surface area contributed by atoms with Crippen molar-refractivity contribution in [3.05, 3.63) is 0 Å². The largest absolute Gasteiger partial charge is 0.302 e. The van der Waals surface area contributed by atoms with Gasteiger partial charge in [-0.1, -0.05) is 6.92 Å². The third kappa shape index (κ3) is 0.801. The molecule has 1 heterocycles. The molecule has 1 aliphatic heterocycles. The highest BCUT2D eigenvalue weighted by Gasteiger charge is 2.26. The summed E-state index contributed by atoms with van der Waals surface area (Å²) in [5.41, 5.74) is 0. The Labute approximate surface area is 47.5 Å². The second-order valence-electron chi connectivity index (χ2n) is 1.91. The molecule has 7 heavy (non-hydrogen) atoms. The first-order chi connectivity index (χ1) is 3.34. The molecule has 2 atom stereocenters. The maximum Gasteiger partial charge on any atom is 0.133 e. The summed E-state index contributed by atoms with van der Waals surface area (Å²) >= 11 is 1.75. The highest BCUT2D eigenvalue weighted by atomic mass is 32.2. The van der Waals surface area contributed by atoms with E-state index in [-0.39, 0.29) is 0 Å². The third-order valence-electron chi connectivity index (χ3n) is 1.25. The Morgan fingerprint density at radius 3 is 2.57 bits per heavy atom. The van der Waals surface area contributed by atoms with Crippen molar-refractivity contribution in [2.24, 2.45) is 5.92 Å². The standard InChI is InChI=1S/C5H8OS/c1-4-3-7-5(4)2-6/h2,4-5H,3H2,1H3. The smallest absolute Gasteiger partial charge is 0.133 e. The van der Waals surface area contributed by atoms with Crippen LogP contribution in [0.3, 0.4) is 0 Å². The lowest BCUT2D eigenvalue weighted by Gasteiger charge is -2.27. The minimum Gasteiger partial charge on any atom is -0.302 e. The van der Waals surface area contributed by atoms with E-state index >= 15 is 0 Å². The average Bonchev–Trinajstić information content (AvgIpc) is 1.65. The van der Waals surface area contributed by atoms with Gasteiger partial charge in [0, 0.05) is 0 Å². The maximum atomic E-state index is 9.98. The molecule has 40 valence electrons. The Morgan fingerprint density at radius 1 is 1.86 bits per heavy atom. The molecule has 0 aliphatic carbocycles. The van der Waals surface area contributed by atoms with Crippen LogP contribution in [0.25, 0.3) is 0 Å². The zero-order valence-electron chi connectivity index (χ0n) is 4.26. The van der Waals surface area contributed by atoms with Crippen LogP contribution >= 0.6 is 11.8 Å². The van der Waals surface area contributed by atoms with Crippen molar-refractivity contribution in [3.8, 4) is 0 Å². The number of aldehydes is 1. The van der Waals surface area contributed by atoms with Crippen molar-refractivity contribution >= 4 is 18.0 Å². The van der Waals surface area contributed by atoms with E-state index in [0.717, 1.165) is 6.29 Å². The first kappa shape index (κ1) is 5.16. The first-order valence-corrected chi connectivity index (χ1v) is 3.46. The predicted octanol–water partition coefficient (Wildman–Crippen LogP) is 0.937. The number of hydrogen-bond acceptors (Lipinski definition) is 2. The van der Waals surface area contributed by atoms with Crippen LogP contribution in [0.1, 0.15) is 6.92 Å². The Hall–Kier alpha value is 0.0200. The lowest BCUT2D eigenvalue weighted by Crippen LogP contribution is -2.28. The Bertz CT molecular complexity index is 82.1. The molecule has 1 rings (SSSR count). The van der Waals surface area contributed by atoms with E-state index in [1.165, 1.54) is 5.75 Å². The first-order valence-electron chi connectivity index (χ1n) is 2.41. The fourth-order valence-corrected chi connectivity index (χ4v) is 1.45. The second kappa shape index (κ2) is 1.86. The zero-order chi connectivity index (χ0) is 5.28. The van der Waals surface area contributed by atoms with Crippen molar-refractivity contribution in [1.82, 2.24) is 0 Å². The Balaban J connectivity index is 2.28. The van der Waals surface area contributed by atoms with E-state index in [9.17, 15) is 4.79 Å².